The van der Waals surface area contributed by atoms with E-state index in [9.17, 15) is 14.4 Å². The Labute approximate surface area is 450 Å². The predicted molar refractivity (Wildman–Crippen MR) is 316 cm³/mol. The fourth-order valence-corrected chi connectivity index (χ4v) is 8.18. The average molecular weight is 1010 g/mol. The van der Waals surface area contributed by atoms with Crippen LogP contribution in [0.5, 0.6) is 0 Å². The molecule has 0 heterocycles. The molecule has 0 aliphatic rings. The number of carbonyl (C=O) groups excluding carboxylic acids is 3. The molecule has 6 nitrogen and oxygen atoms in total. The number of hydrogen-bond donors (Lipinski definition) is 0. The van der Waals surface area contributed by atoms with E-state index in [2.05, 4.69) is 130 Å². The summed E-state index contributed by atoms with van der Waals surface area (Å²) in [7, 11) is 0. The van der Waals surface area contributed by atoms with Crippen molar-refractivity contribution in [3.05, 3.63) is 109 Å². The van der Waals surface area contributed by atoms with E-state index >= 15 is 0 Å². The maximum atomic E-state index is 12.9. The Morgan fingerprint density at radius 1 is 0.288 bits per heavy atom. The normalized spacial score (nSPS) is 12.9. The average Bonchev–Trinajstić information content (AvgIpc) is 3.39. The molecule has 0 spiro atoms. The van der Waals surface area contributed by atoms with E-state index in [0.717, 1.165) is 116 Å². The molecule has 0 rings (SSSR count). The first-order chi connectivity index (χ1) is 36.0. The smallest absolute Gasteiger partial charge is 0.306 e. The zero-order valence-electron chi connectivity index (χ0n) is 47.6. The van der Waals surface area contributed by atoms with Gasteiger partial charge in [-0.2, -0.15) is 0 Å². The fourth-order valence-electron chi connectivity index (χ4n) is 8.18. The van der Waals surface area contributed by atoms with Crippen molar-refractivity contribution in [2.75, 3.05) is 13.2 Å². The van der Waals surface area contributed by atoms with Gasteiger partial charge < -0.3 is 14.2 Å². The number of allylic oxidation sites excluding steroid dienone is 18. The lowest BCUT2D eigenvalue weighted by Gasteiger charge is -2.18. The molecule has 73 heavy (non-hydrogen) atoms. The lowest BCUT2D eigenvalue weighted by atomic mass is 10.1. The van der Waals surface area contributed by atoms with Gasteiger partial charge in [-0.25, -0.2) is 0 Å². The Morgan fingerprint density at radius 3 is 0.849 bits per heavy atom. The van der Waals surface area contributed by atoms with E-state index in [1.807, 2.05) is 0 Å². The molecule has 0 aromatic heterocycles. The summed E-state index contributed by atoms with van der Waals surface area (Å²) >= 11 is 0. The minimum atomic E-state index is -0.801. The van der Waals surface area contributed by atoms with Crippen molar-refractivity contribution < 1.29 is 28.6 Å². The number of ether oxygens (including phenoxy) is 3. The summed E-state index contributed by atoms with van der Waals surface area (Å²) in [4.78, 5) is 38.3. The van der Waals surface area contributed by atoms with Gasteiger partial charge in [-0.05, 0) is 128 Å². The first kappa shape index (κ1) is 69.1. The van der Waals surface area contributed by atoms with Gasteiger partial charge in [0, 0.05) is 19.3 Å². The van der Waals surface area contributed by atoms with Gasteiger partial charge in [0.15, 0.2) is 6.10 Å². The molecule has 0 aliphatic carbocycles. The highest BCUT2D eigenvalue weighted by molar-refractivity contribution is 5.71. The molecule has 0 saturated heterocycles. The number of rotatable bonds is 54. The maximum Gasteiger partial charge on any atom is 0.306 e. The molecular formula is C67H112O6. The first-order valence-corrected chi connectivity index (χ1v) is 30.4. The fraction of sp³-hybridized carbons (Fsp3) is 0.687. The quantitative estimate of drug-likeness (QED) is 0.0261. The highest BCUT2D eigenvalue weighted by Gasteiger charge is 2.19. The third-order valence-corrected chi connectivity index (χ3v) is 12.7. The Balaban J connectivity index is 4.47. The highest BCUT2D eigenvalue weighted by Crippen LogP contribution is 2.15. The third kappa shape index (κ3) is 58.8. The summed E-state index contributed by atoms with van der Waals surface area (Å²) in [6, 6.07) is 0. The largest absolute Gasteiger partial charge is 0.462 e. The van der Waals surface area contributed by atoms with Gasteiger partial charge in [-0.1, -0.05) is 239 Å². The second kappa shape index (κ2) is 60.6. The predicted octanol–water partition coefficient (Wildman–Crippen LogP) is 20.7. The van der Waals surface area contributed by atoms with Gasteiger partial charge in [0.05, 0.1) is 0 Å². The Hall–Kier alpha value is -3.93. The summed E-state index contributed by atoms with van der Waals surface area (Å²) in [6.45, 7) is 6.45. The molecule has 1 atom stereocenters. The van der Waals surface area contributed by atoms with Gasteiger partial charge in [0.25, 0.3) is 0 Å². The molecule has 6 heteroatoms. The van der Waals surface area contributed by atoms with Crippen molar-refractivity contribution in [2.24, 2.45) is 0 Å². The second-order valence-electron chi connectivity index (χ2n) is 19.9. The minimum Gasteiger partial charge on any atom is -0.462 e. The first-order valence-electron chi connectivity index (χ1n) is 30.4. The van der Waals surface area contributed by atoms with Crippen molar-refractivity contribution >= 4 is 17.9 Å². The Kier molecular flexibility index (Phi) is 57.4. The molecule has 0 saturated carbocycles. The van der Waals surface area contributed by atoms with Crippen LogP contribution in [0.15, 0.2) is 109 Å². The van der Waals surface area contributed by atoms with Crippen LogP contribution in [0.3, 0.4) is 0 Å². The summed E-state index contributed by atoms with van der Waals surface area (Å²) in [6.07, 6.45) is 82.2. The molecule has 0 aliphatic heterocycles. The van der Waals surface area contributed by atoms with Gasteiger partial charge in [-0.15, -0.1) is 0 Å². The number of hydrogen-bond acceptors (Lipinski definition) is 6. The summed E-state index contributed by atoms with van der Waals surface area (Å²) in [5.41, 5.74) is 0. The van der Waals surface area contributed by atoms with Gasteiger partial charge >= 0.3 is 17.9 Å². The van der Waals surface area contributed by atoms with Crippen LogP contribution in [0, 0.1) is 0 Å². The van der Waals surface area contributed by atoms with Crippen molar-refractivity contribution in [1.82, 2.24) is 0 Å². The van der Waals surface area contributed by atoms with E-state index in [4.69, 9.17) is 14.2 Å². The molecule has 0 radical (unpaired) electrons. The molecule has 0 amide bonds. The Morgan fingerprint density at radius 2 is 0.534 bits per heavy atom. The summed E-state index contributed by atoms with van der Waals surface area (Å²) in [5.74, 6) is -0.936. The molecule has 0 aromatic carbocycles. The number of unbranched alkanes of at least 4 members (excludes halogenated alkanes) is 25. The lowest BCUT2D eigenvalue weighted by molar-refractivity contribution is -0.167. The van der Waals surface area contributed by atoms with Crippen LogP contribution in [0.4, 0.5) is 0 Å². The maximum absolute atomic E-state index is 12.9. The van der Waals surface area contributed by atoms with Gasteiger partial charge in [0.2, 0.25) is 0 Å². The zero-order valence-corrected chi connectivity index (χ0v) is 47.6. The van der Waals surface area contributed by atoms with Crippen LogP contribution < -0.4 is 0 Å². The van der Waals surface area contributed by atoms with Gasteiger partial charge in [-0.3, -0.25) is 14.4 Å². The van der Waals surface area contributed by atoms with Crippen LogP contribution in [0.2, 0.25) is 0 Å². The van der Waals surface area contributed by atoms with Crippen molar-refractivity contribution in [3.63, 3.8) is 0 Å². The minimum absolute atomic E-state index is 0.0956. The number of carbonyl (C=O) groups is 3. The van der Waals surface area contributed by atoms with Crippen LogP contribution in [0.1, 0.15) is 278 Å². The van der Waals surface area contributed by atoms with E-state index < -0.39 is 6.10 Å². The van der Waals surface area contributed by atoms with E-state index in [0.29, 0.717) is 19.3 Å². The molecular weight excluding hydrogens is 901 g/mol. The third-order valence-electron chi connectivity index (χ3n) is 12.7. The molecule has 0 unspecified atom stereocenters. The SMILES string of the molecule is CC/C=C\C/C=C\C/C=C\C/C=C\C/C=C\CCCCCC(=O)OC[C@@H](COC(=O)CCCCCCCCC/C=C\C/C=C\CCCCC)OC(=O)CCCCCCCCCCC/C=C\C/C=C\CCCCC. The van der Waals surface area contributed by atoms with Crippen molar-refractivity contribution in [2.45, 2.75) is 284 Å². The van der Waals surface area contributed by atoms with Crippen LogP contribution >= 0.6 is 0 Å². The molecule has 0 aromatic rings. The zero-order chi connectivity index (χ0) is 52.9. The molecule has 416 valence electrons. The van der Waals surface area contributed by atoms with Crippen molar-refractivity contribution in [3.8, 4) is 0 Å². The lowest BCUT2D eigenvalue weighted by Crippen LogP contribution is -2.30. The van der Waals surface area contributed by atoms with Gasteiger partial charge in [0.1, 0.15) is 13.2 Å². The van der Waals surface area contributed by atoms with Crippen LogP contribution in [0.25, 0.3) is 0 Å². The van der Waals surface area contributed by atoms with E-state index in [-0.39, 0.29) is 31.1 Å². The molecule has 0 bridgehead atoms. The van der Waals surface area contributed by atoms with Crippen LogP contribution in [-0.4, -0.2) is 37.2 Å². The Bertz CT molecular complexity index is 1490. The van der Waals surface area contributed by atoms with E-state index in [1.54, 1.807) is 0 Å². The van der Waals surface area contributed by atoms with E-state index in [1.165, 1.54) is 122 Å². The monoisotopic (exact) mass is 1010 g/mol. The highest BCUT2D eigenvalue weighted by atomic mass is 16.6. The topological polar surface area (TPSA) is 78.9 Å². The molecule has 0 fully saturated rings. The molecule has 0 N–H and O–H groups in total. The summed E-state index contributed by atoms with van der Waals surface area (Å²) < 4.78 is 16.9. The standard InChI is InChI=1S/C67H112O6/c1-4-7-10-13-16-19-22-25-28-31-33-36-39-42-45-48-51-54-57-60-66(69)72-63-64(62-71-65(68)59-56-53-50-47-44-41-38-35-30-27-24-21-18-15-12-9-6-3)73-67(70)61-58-55-52-49-46-43-40-37-34-32-29-26-23-20-17-14-11-8-5-2/h7,10,16-21,25-30,33,36,42,45,64H,4-6,8-9,11-15,22-24,31-32,34-35,37-41,43-44,46-63H2,1-3H3/b10-7-,19-16-,20-17-,21-18-,28-25-,29-26-,30-27-,36-33-,45-42-/t64-/m1/s1. The summed E-state index contributed by atoms with van der Waals surface area (Å²) in [5, 5.41) is 0. The van der Waals surface area contributed by atoms with Crippen molar-refractivity contribution in [1.29, 1.82) is 0 Å². The second-order valence-corrected chi connectivity index (χ2v) is 19.9. The van der Waals surface area contributed by atoms with Crippen LogP contribution in [-0.2, 0) is 28.6 Å². The number of esters is 3.